The Bertz CT molecular complexity index is 605. The first-order valence-corrected chi connectivity index (χ1v) is 9.59. The predicted octanol–water partition coefficient (Wildman–Crippen LogP) is 2.32. The molecule has 130 valence electrons. The lowest BCUT2D eigenvalue weighted by Crippen LogP contribution is -2.48. The minimum absolute atomic E-state index is 0.0734. The van der Waals surface area contributed by atoms with E-state index in [2.05, 4.69) is 12.1 Å². The summed E-state index contributed by atoms with van der Waals surface area (Å²) in [5, 5.41) is 0. The maximum absolute atomic E-state index is 12.9. The molecule has 0 aromatic heterocycles. The summed E-state index contributed by atoms with van der Waals surface area (Å²) in [5.74, 6) is 2.75. The van der Waals surface area contributed by atoms with Crippen LogP contribution >= 0.6 is 11.8 Å². The number of methoxy groups -OCH3 is 1. The van der Waals surface area contributed by atoms with E-state index in [4.69, 9.17) is 4.74 Å². The Labute approximate surface area is 147 Å². The van der Waals surface area contributed by atoms with Crippen molar-refractivity contribution in [1.29, 1.82) is 0 Å². The molecule has 0 saturated carbocycles. The van der Waals surface area contributed by atoms with Crippen molar-refractivity contribution in [1.82, 2.24) is 9.80 Å². The molecule has 2 fully saturated rings. The molecular formula is C18H24N2O3S. The van der Waals surface area contributed by atoms with Crippen molar-refractivity contribution in [2.75, 3.05) is 31.8 Å². The number of nitrogens with zero attached hydrogens (tertiary/aromatic N) is 2. The summed E-state index contributed by atoms with van der Waals surface area (Å²) >= 11 is 1.67. The van der Waals surface area contributed by atoms with Crippen molar-refractivity contribution < 1.29 is 14.3 Å². The molecule has 1 aromatic rings. The molecule has 2 saturated heterocycles. The van der Waals surface area contributed by atoms with Crippen LogP contribution in [0, 0.1) is 0 Å². The monoisotopic (exact) mass is 348 g/mol. The number of hydrogen-bond donors (Lipinski definition) is 0. The number of ether oxygens (including phenoxy) is 1. The second kappa shape index (κ2) is 7.47. The number of carbonyl (C=O) groups is 2. The van der Waals surface area contributed by atoms with Gasteiger partial charge in [0.15, 0.2) is 0 Å². The van der Waals surface area contributed by atoms with Crippen LogP contribution in [0.1, 0.15) is 31.2 Å². The predicted molar refractivity (Wildman–Crippen MR) is 95.2 cm³/mol. The molecule has 0 spiro atoms. The van der Waals surface area contributed by atoms with Crippen molar-refractivity contribution in [2.45, 2.75) is 31.7 Å². The van der Waals surface area contributed by atoms with Gasteiger partial charge in [-0.2, -0.15) is 0 Å². The highest BCUT2D eigenvalue weighted by molar-refractivity contribution is 7.99. The molecule has 6 heteroatoms. The zero-order valence-corrected chi connectivity index (χ0v) is 15.1. The van der Waals surface area contributed by atoms with E-state index in [0.29, 0.717) is 24.0 Å². The highest BCUT2D eigenvalue weighted by atomic mass is 32.2. The van der Waals surface area contributed by atoms with Crippen molar-refractivity contribution in [3.05, 3.63) is 29.8 Å². The van der Waals surface area contributed by atoms with Gasteiger partial charge in [0.2, 0.25) is 11.8 Å². The molecule has 24 heavy (non-hydrogen) atoms. The fraction of sp³-hybridized carbons (Fsp3) is 0.556. The Kier molecular flexibility index (Phi) is 5.33. The van der Waals surface area contributed by atoms with Crippen LogP contribution in [-0.2, 0) is 9.59 Å². The van der Waals surface area contributed by atoms with Gasteiger partial charge in [-0.05, 0) is 24.1 Å². The van der Waals surface area contributed by atoms with Crippen LogP contribution < -0.4 is 4.74 Å². The number of likely N-dealkylation sites (tertiary alicyclic amines) is 1. The van der Waals surface area contributed by atoms with Crippen LogP contribution in [-0.4, -0.2) is 59.5 Å². The third-order valence-electron chi connectivity index (χ3n) is 4.88. The first-order chi connectivity index (χ1) is 11.6. The highest BCUT2D eigenvalue weighted by Crippen LogP contribution is 2.31. The number of rotatable bonds is 4. The van der Waals surface area contributed by atoms with Gasteiger partial charge in [0.1, 0.15) is 11.8 Å². The SMILES string of the molecule is CCC(=O)N1CSC[C@H]1C(=O)N1CC[C@H](c2ccc(OC)cc2)C1. The summed E-state index contributed by atoms with van der Waals surface area (Å²) in [6.45, 7) is 3.35. The molecule has 0 bridgehead atoms. The number of carbonyl (C=O) groups excluding carboxylic acids is 2. The Hall–Kier alpha value is -1.69. The lowest BCUT2D eigenvalue weighted by Gasteiger charge is -2.27. The summed E-state index contributed by atoms with van der Waals surface area (Å²) in [7, 11) is 1.66. The normalized spacial score (nSPS) is 23.6. The van der Waals surface area contributed by atoms with Crippen molar-refractivity contribution in [3.8, 4) is 5.75 Å². The van der Waals surface area contributed by atoms with E-state index in [0.717, 1.165) is 25.3 Å². The zero-order chi connectivity index (χ0) is 17.1. The summed E-state index contributed by atoms with van der Waals surface area (Å²) < 4.78 is 5.20. The molecular weight excluding hydrogens is 324 g/mol. The fourth-order valence-electron chi connectivity index (χ4n) is 3.42. The van der Waals surface area contributed by atoms with E-state index in [1.165, 1.54) is 5.56 Å². The standard InChI is InChI=1S/C18H24N2O3S/c1-3-17(21)20-12-24-11-16(20)18(22)19-9-8-14(10-19)13-4-6-15(23-2)7-5-13/h4-7,14,16H,3,8-12H2,1-2H3/t14-,16-/m0/s1. The number of benzene rings is 1. The van der Waals surface area contributed by atoms with Gasteiger partial charge in [-0.25, -0.2) is 0 Å². The molecule has 2 atom stereocenters. The summed E-state index contributed by atoms with van der Waals surface area (Å²) in [5.41, 5.74) is 1.24. The first-order valence-electron chi connectivity index (χ1n) is 8.44. The van der Waals surface area contributed by atoms with E-state index >= 15 is 0 Å². The summed E-state index contributed by atoms with van der Waals surface area (Å²) in [4.78, 5) is 28.6. The van der Waals surface area contributed by atoms with Crippen molar-refractivity contribution >= 4 is 23.6 Å². The average molecular weight is 348 g/mol. The van der Waals surface area contributed by atoms with Crippen LogP contribution in [0.4, 0.5) is 0 Å². The maximum atomic E-state index is 12.9. The number of thioether (sulfide) groups is 1. The van der Waals surface area contributed by atoms with E-state index < -0.39 is 0 Å². The van der Waals surface area contributed by atoms with Crippen LogP contribution in [0.25, 0.3) is 0 Å². The van der Waals surface area contributed by atoms with Gasteiger partial charge in [0.25, 0.3) is 0 Å². The molecule has 2 amide bonds. The molecule has 0 unspecified atom stereocenters. The molecule has 0 aliphatic carbocycles. The Morgan fingerprint density at radius 3 is 2.71 bits per heavy atom. The second-order valence-electron chi connectivity index (χ2n) is 6.28. The lowest BCUT2D eigenvalue weighted by atomic mass is 9.98. The maximum Gasteiger partial charge on any atom is 0.246 e. The summed E-state index contributed by atoms with van der Waals surface area (Å²) in [6.07, 6.45) is 1.43. The van der Waals surface area contributed by atoms with Crippen LogP contribution in [0.15, 0.2) is 24.3 Å². The molecule has 2 aliphatic heterocycles. The smallest absolute Gasteiger partial charge is 0.246 e. The van der Waals surface area contributed by atoms with Gasteiger partial charge in [-0.3, -0.25) is 9.59 Å². The van der Waals surface area contributed by atoms with Gasteiger partial charge in [-0.1, -0.05) is 19.1 Å². The number of hydrogen-bond acceptors (Lipinski definition) is 4. The molecule has 0 N–H and O–H groups in total. The fourth-order valence-corrected chi connectivity index (χ4v) is 4.59. The van der Waals surface area contributed by atoms with Gasteiger partial charge in [-0.15, -0.1) is 11.8 Å². The zero-order valence-electron chi connectivity index (χ0n) is 14.2. The minimum atomic E-state index is -0.280. The molecule has 2 heterocycles. The van der Waals surface area contributed by atoms with Crippen molar-refractivity contribution in [2.24, 2.45) is 0 Å². The topological polar surface area (TPSA) is 49.9 Å². The van der Waals surface area contributed by atoms with Crippen LogP contribution in [0.5, 0.6) is 5.75 Å². The Balaban J connectivity index is 1.64. The lowest BCUT2D eigenvalue weighted by molar-refractivity contribution is -0.142. The van der Waals surface area contributed by atoms with Gasteiger partial charge in [0, 0.05) is 31.2 Å². The van der Waals surface area contributed by atoms with E-state index in [1.54, 1.807) is 23.8 Å². The number of amides is 2. The largest absolute Gasteiger partial charge is 0.497 e. The van der Waals surface area contributed by atoms with Gasteiger partial charge < -0.3 is 14.5 Å². The van der Waals surface area contributed by atoms with E-state index in [-0.39, 0.29) is 17.9 Å². The second-order valence-corrected chi connectivity index (χ2v) is 7.28. The van der Waals surface area contributed by atoms with E-state index in [1.807, 2.05) is 24.0 Å². The molecule has 0 radical (unpaired) electrons. The summed E-state index contributed by atoms with van der Waals surface area (Å²) in [6, 6.07) is 7.81. The van der Waals surface area contributed by atoms with Gasteiger partial charge in [0.05, 0.1) is 13.0 Å². The average Bonchev–Trinajstić information content (AvgIpc) is 3.30. The Morgan fingerprint density at radius 1 is 1.29 bits per heavy atom. The molecule has 2 aliphatic rings. The molecule has 5 nitrogen and oxygen atoms in total. The van der Waals surface area contributed by atoms with E-state index in [9.17, 15) is 9.59 Å². The highest BCUT2D eigenvalue weighted by Gasteiger charge is 2.38. The Morgan fingerprint density at radius 2 is 2.04 bits per heavy atom. The first kappa shape index (κ1) is 17.1. The third-order valence-corrected chi connectivity index (χ3v) is 5.89. The van der Waals surface area contributed by atoms with Crippen LogP contribution in [0.3, 0.4) is 0 Å². The quantitative estimate of drug-likeness (QED) is 0.838. The minimum Gasteiger partial charge on any atom is -0.497 e. The molecule has 3 rings (SSSR count). The molecule has 1 aromatic carbocycles. The van der Waals surface area contributed by atoms with Gasteiger partial charge >= 0.3 is 0 Å². The third kappa shape index (κ3) is 3.38. The van der Waals surface area contributed by atoms with Crippen LogP contribution in [0.2, 0.25) is 0 Å². The van der Waals surface area contributed by atoms with Crippen molar-refractivity contribution in [3.63, 3.8) is 0 Å².